The zero-order chi connectivity index (χ0) is 18.2. The average Bonchev–Trinajstić information content (AvgIpc) is 2.69. The van der Waals surface area contributed by atoms with E-state index < -0.39 is 0 Å². The third-order valence-electron chi connectivity index (χ3n) is 4.85. The lowest BCUT2D eigenvalue weighted by atomic mass is 9.98. The fourth-order valence-electron chi connectivity index (χ4n) is 3.44. The van der Waals surface area contributed by atoms with Gasteiger partial charge in [0, 0.05) is 43.9 Å². The van der Waals surface area contributed by atoms with Gasteiger partial charge in [-0.3, -0.25) is 4.90 Å². The smallest absolute Gasteiger partial charge is 0.124 e. The number of allylic oxidation sites excluding steroid dienone is 1. The SMILES string of the molecule is C=CCC[C@H](c1ccc(OCc2ccccc2)cc1O)N1CCNCC1.Cl.Cl. The van der Waals surface area contributed by atoms with Gasteiger partial charge in [0.25, 0.3) is 0 Å². The second-order valence-electron chi connectivity index (χ2n) is 6.66. The molecule has 0 spiro atoms. The van der Waals surface area contributed by atoms with Gasteiger partial charge in [0.05, 0.1) is 0 Å². The summed E-state index contributed by atoms with van der Waals surface area (Å²) in [5.41, 5.74) is 2.08. The number of hydrogen-bond acceptors (Lipinski definition) is 4. The highest BCUT2D eigenvalue weighted by molar-refractivity contribution is 5.85. The Morgan fingerprint density at radius 3 is 2.46 bits per heavy atom. The molecule has 2 aromatic rings. The number of aromatic hydroxyl groups is 1. The van der Waals surface area contributed by atoms with E-state index in [1.54, 1.807) is 6.07 Å². The van der Waals surface area contributed by atoms with Gasteiger partial charge in [-0.1, -0.05) is 42.5 Å². The Morgan fingerprint density at radius 2 is 1.82 bits per heavy atom. The quantitative estimate of drug-likeness (QED) is 0.601. The van der Waals surface area contributed by atoms with Gasteiger partial charge < -0.3 is 15.2 Å². The molecule has 4 nitrogen and oxygen atoms in total. The van der Waals surface area contributed by atoms with Crippen molar-refractivity contribution >= 4 is 24.8 Å². The Morgan fingerprint density at radius 1 is 1.11 bits per heavy atom. The van der Waals surface area contributed by atoms with Gasteiger partial charge in [-0.2, -0.15) is 0 Å². The first-order valence-corrected chi connectivity index (χ1v) is 9.33. The van der Waals surface area contributed by atoms with Crippen LogP contribution in [0, 0.1) is 0 Å². The summed E-state index contributed by atoms with van der Waals surface area (Å²) in [6.45, 7) is 8.31. The van der Waals surface area contributed by atoms with Crippen LogP contribution in [0.3, 0.4) is 0 Å². The minimum atomic E-state index is 0. The maximum Gasteiger partial charge on any atom is 0.124 e. The summed E-state index contributed by atoms with van der Waals surface area (Å²) < 4.78 is 5.83. The fourth-order valence-corrected chi connectivity index (χ4v) is 3.44. The van der Waals surface area contributed by atoms with E-state index >= 15 is 0 Å². The summed E-state index contributed by atoms with van der Waals surface area (Å²) in [7, 11) is 0. The molecule has 0 saturated carbocycles. The minimum absolute atomic E-state index is 0. The molecule has 1 saturated heterocycles. The van der Waals surface area contributed by atoms with E-state index in [9.17, 15) is 5.11 Å². The molecule has 0 radical (unpaired) electrons. The lowest BCUT2D eigenvalue weighted by Crippen LogP contribution is -2.45. The Hall–Kier alpha value is -1.72. The Labute approximate surface area is 180 Å². The van der Waals surface area contributed by atoms with Crippen molar-refractivity contribution in [3.05, 3.63) is 72.3 Å². The zero-order valence-corrected chi connectivity index (χ0v) is 17.7. The summed E-state index contributed by atoms with van der Waals surface area (Å²) in [4.78, 5) is 2.44. The number of benzene rings is 2. The predicted octanol–water partition coefficient (Wildman–Crippen LogP) is 4.73. The predicted molar refractivity (Wildman–Crippen MR) is 120 cm³/mol. The van der Waals surface area contributed by atoms with Crippen LogP contribution in [0.4, 0.5) is 0 Å². The first kappa shape index (κ1) is 24.3. The standard InChI is InChI=1S/C22H28N2O2.2ClH/c1-2-3-9-21(24-14-12-23-13-15-24)20-11-10-19(16-22(20)25)26-17-18-7-5-4-6-8-18;;/h2,4-8,10-11,16,21,23,25H,1,3,9,12-15,17H2;2*1H/t21-;;/m1../s1. The molecule has 1 heterocycles. The molecule has 6 heteroatoms. The molecule has 2 N–H and O–H groups in total. The Bertz CT molecular complexity index is 707. The van der Waals surface area contributed by atoms with Crippen molar-refractivity contribution < 1.29 is 9.84 Å². The third-order valence-corrected chi connectivity index (χ3v) is 4.85. The summed E-state index contributed by atoms with van der Waals surface area (Å²) in [6, 6.07) is 16.0. The molecule has 1 aliphatic rings. The molecule has 1 atom stereocenters. The maximum absolute atomic E-state index is 10.6. The molecule has 28 heavy (non-hydrogen) atoms. The van der Waals surface area contributed by atoms with E-state index in [-0.39, 0.29) is 30.9 Å². The van der Waals surface area contributed by atoms with E-state index in [0.29, 0.717) is 18.1 Å². The van der Waals surface area contributed by atoms with Crippen LogP contribution in [0.5, 0.6) is 11.5 Å². The molecule has 0 amide bonds. The van der Waals surface area contributed by atoms with Crippen molar-refractivity contribution in [2.45, 2.75) is 25.5 Å². The molecule has 3 rings (SSSR count). The van der Waals surface area contributed by atoms with Gasteiger partial charge in [0.2, 0.25) is 0 Å². The van der Waals surface area contributed by atoms with Crippen LogP contribution in [0.2, 0.25) is 0 Å². The van der Waals surface area contributed by atoms with Gasteiger partial charge >= 0.3 is 0 Å². The van der Waals surface area contributed by atoms with Gasteiger partial charge in [-0.25, -0.2) is 0 Å². The van der Waals surface area contributed by atoms with Crippen LogP contribution in [-0.2, 0) is 6.61 Å². The van der Waals surface area contributed by atoms with Gasteiger partial charge in [0.15, 0.2) is 0 Å². The van der Waals surface area contributed by atoms with Crippen LogP contribution >= 0.6 is 24.8 Å². The number of piperazine rings is 1. The van der Waals surface area contributed by atoms with E-state index in [0.717, 1.165) is 50.1 Å². The van der Waals surface area contributed by atoms with Crippen LogP contribution in [-0.4, -0.2) is 36.2 Å². The van der Waals surface area contributed by atoms with Crippen LogP contribution in [0.25, 0.3) is 0 Å². The number of ether oxygens (including phenoxy) is 1. The molecule has 2 aromatic carbocycles. The largest absolute Gasteiger partial charge is 0.507 e. The van der Waals surface area contributed by atoms with Crippen molar-refractivity contribution in [1.82, 2.24) is 10.2 Å². The topological polar surface area (TPSA) is 44.7 Å². The maximum atomic E-state index is 10.6. The minimum Gasteiger partial charge on any atom is -0.507 e. The Kier molecular flexibility index (Phi) is 11.0. The van der Waals surface area contributed by atoms with Crippen LogP contribution < -0.4 is 10.1 Å². The van der Waals surface area contributed by atoms with Gasteiger partial charge in [-0.15, -0.1) is 31.4 Å². The first-order valence-electron chi connectivity index (χ1n) is 9.33. The normalized spacial score (nSPS) is 15.0. The highest BCUT2D eigenvalue weighted by Crippen LogP contribution is 2.35. The second-order valence-corrected chi connectivity index (χ2v) is 6.66. The number of nitrogens with zero attached hydrogens (tertiary/aromatic N) is 1. The van der Waals surface area contributed by atoms with Crippen molar-refractivity contribution in [3.8, 4) is 11.5 Å². The highest BCUT2D eigenvalue weighted by atomic mass is 35.5. The molecular formula is C22H30Cl2N2O2. The third kappa shape index (κ3) is 6.71. The average molecular weight is 425 g/mol. The van der Waals surface area contributed by atoms with E-state index in [4.69, 9.17) is 4.74 Å². The molecule has 1 fully saturated rings. The number of hydrogen-bond donors (Lipinski definition) is 2. The van der Waals surface area contributed by atoms with E-state index in [1.807, 2.05) is 48.5 Å². The monoisotopic (exact) mass is 424 g/mol. The number of phenolic OH excluding ortho intramolecular Hbond substituents is 1. The van der Waals surface area contributed by atoms with E-state index in [1.165, 1.54) is 0 Å². The highest BCUT2D eigenvalue weighted by Gasteiger charge is 2.24. The number of rotatable bonds is 8. The van der Waals surface area contributed by atoms with Crippen molar-refractivity contribution in [2.75, 3.05) is 26.2 Å². The van der Waals surface area contributed by atoms with Gasteiger partial charge in [0.1, 0.15) is 18.1 Å². The van der Waals surface area contributed by atoms with Crippen LogP contribution in [0.15, 0.2) is 61.2 Å². The number of halogens is 2. The molecule has 154 valence electrons. The molecule has 1 aliphatic heterocycles. The summed E-state index contributed by atoms with van der Waals surface area (Å²) in [5.74, 6) is 1.00. The summed E-state index contributed by atoms with van der Waals surface area (Å²) in [5, 5.41) is 14.0. The summed E-state index contributed by atoms with van der Waals surface area (Å²) >= 11 is 0. The fraction of sp³-hybridized carbons (Fsp3) is 0.364. The number of phenols is 1. The van der Waals surface area contributed by atoms with Crippen LogP contribution in [0.1, 0.15) is 30.0 Å². The molecule has 0 aliphatic carbocycles. The lowest BCUT2D eigenvalue weighted by Gasteiger charge is -2.35. The van der Waals surface area contributed by atoms with Crippen molar-refractivity contribution in [2.24, 2.45) is 0 Å². The molecular weight excluding hydrogens is 395 g/mol. The number of nitrogens with one attached hydrogen (secondary N) is 1. The van der Waals surface area contributed by atoms with E-state index in [2.05, 4.69) is 16.8 Å². The Balaban J connectivity index is 0.00000196. The second kappa shape index (κ2) is 12.7. The summed E-state index contributed by atoms with van der Waals surface area (Å²) in [6.07, 6.45) is 3.84. The molecule has 0 aromatic heterocycles. The first-order chi connectivity index (χ1) is 12.8. The molecule has 0 unspecified atom stereocenters. The lowest BCUT2D eigenvalue weighted by molar-refractivity contribution is 0.163. The zero-order valence-electron chi connectivity index (χ0n) is 16.0. The van der Waals surface area contributed by atoms with Gasteiger partial charge in [-0.05, 0) is 24.5 Å². The van der Waals surface area contributed by atoms with Crippen molar-refractivity contribution in [1.29, 1.82) is 0 Å². The van der Waals surface area contributed by atoms with Crippen molar-refractivity contribution in [3.63, 3.8) is 0 Å². The molecule has 0 bridgehead atoms.